The largest absolute Gasteiger partial charge is 0.491 e. The van der Waals surface area contributed by atoms with Gasteiger partial charge in [-0.25, -0.2) is 0 Å². The average Bonchev–Trinajstić information content (AvgIpc) is 2.65. The number of ether oxygens (including phenoxy) is 3. The molecule has 3 heteroatoms. The van der Waals surface area contributed by atoms with Crippen molar-refractivity contribution >= 4 is 12.2 Å². The molecule has 0 spiro atoms. The molecule has 2 aromatic rings. The quantitative estimate of drug-likeness (QED) is 0.445. The highest BCUT2D eigenvalue weighted by Gasteiger charge is 2.08. The molecule has 0 saturated carbocycles. The molecular formula is C21H24O3. The molecule has 3 nitrogen and oxygen atoms in total. The zero-order valence-corrected chi connectivity index (χ0v) is 14.1. The topological polar surface area (TPSA) is 27.7 Å². The second-order valence-electron chi connectivity index (χ2n) is 5.22. The zero-order valence-electron chi connectivity index (χ0n) is 14.1. The first-order chi connectivity index (χ1) is 11.7. The predicted octanol–water partition coefficient (Wildman–Crippen LogP) is 5.18. The van der Waals surface area contributed by atoms with Gasteiger partial charge in [-0.2, -0.15) is 0 Å². The van der Waals surface area contributed by atoms with Crippen LogP contribution in [0.3, 0.4) is 0 Å². The highest BCUT2D eigenvalue weighted by Crippen LogP contribution is 2.16. The number of rotatable bonds is 10. The molecule has 0 aliphatic carbocycles. The van der Waals surface area contributed by atoms with Gasteiger partial charge in [-0.3, -0.25) is 0 Å². The minimum atomic E-state index is -0.286. The van der Waals surface area contributed by atoms with E-state index < -0.39 is 0 Å². The molecule has 1 unspecified atom stereocenters. The molecule has 0 amide bonds. The summed E-state index contributed by atoms with van der Waals surface area (Å²) in [5.41, 5.74) is 2.13. The molecule has 0 aliphatic heterocycles. The molecule has 2 aromatic carbocycles. The summed E-state index contributed by atoms with van der Waals surface area (Å²) >= 11 is 0. The van der Waals surface area contributed by atoms with Gasteiger partial charge >= 0.3 is 0 Å². The third-order valence-corrected chi connectivity index (χ3v) is 3.49. The van der Waals surface area contributed by atoms with Crippen molar-refractivity contribution in [1.29, 1.82) is 0 Å². The summed E-state index contributed by atoms with van der Waals surface area (Å²) < 4.78 is 17.2. The summed E-state index contributed by atoms with van der Waals surface area (Å²) in [6.07, 6.45) is 4.08. The Labute approximate surface area is 144 Å². The van der Waals surface area contributed by atoms with Gasteiger partial charge in [0.15, 0.2) is 6.29 Å². The average molecular weight is 324 g/mol. The van der Waals surface area contributed by atoms with Crippen molar-refractivity contribution in [2.45, 2.75) is 19.6 Å². The van der Waals surface area contributed by atoms with E-state index >= 15 is 0 Å². The highest BCUT2D eigenvalue weighted by atomic mass is 16.7. The first-order valence-corrected chi connectivity index (χ1v) is 8.11. The third-order valence-electron chi connectivity index (χ3n) is 3.49. The van der Waals surface area contributed by atoms with Crippen molar-refractivity contribution in [1.82, 2.24) is 0 Å². The Hall–Kier alpha value is -2.52. The van der Waals surface area contributed by atoms with Crippen LogP contribution < -0.4 is 9.47 Å². The van der Waals surface area contributed by atoms with Crippen LogP contribution in [0.2, 0.25) is 0 Å². The van der Waals surface area contributed by atoms with Gasteiger partial charge in [0.25, 0.3) is 0 Å². The Kier molecular flexibility index (Phi) is 7.12. The number of hydrogen-bond acceptors (Lipinski definition) is 3. The minimum Gasteiger partial charge on any atom is -0.491 e. The first kappa shape index (κ1) is 17.8. The van der Waals surface area contributed by atoms with Crippen LogP contribution in [0, 0.1) is 0 Å². The van der Waals surface area contributed by atoms with Crippen molar-refractivity contribution in [3.8, 4) is 11.5 Å². The van der Waals surface area contributed by atoms with Gasteiger partial charge in [0.2, 0.25) is 0 Å². The van der Waals surface area contributed by atoms with Crippen molar-refractivity contribution < 1.29 is 14.2 Å². The Morgan fingerprint density at radius 1 is 0.833 bits per heavy atom. The SMILES string of the molecule is C=Cc1ccc(OCCOC(CC)Oc2ccc(C=C)cc2)cc1. The second-order valence-corrected chi connectivity index (χ2v) is 5.22. The fourth-order valence-electron chi connectivity index (χ4n) is 2.11. The van der Waals surface area contributed by atoms with Crippen LogP contribution in [0.15, 0.2) is 61.7 Å². The summed E-state index contributed by atoms with van der Waals surface area (Å²) in [7, 11) is 0. The van der Waals surface area contributed by atoms with Crippen LogP contribution in [0.1, 0.15) is 24.5 Å². The van der Waals surface area contributed by atoms with Gasteiger partial charge in [-0.15, -0.1) is 0 Å². The molecule has 0 bridgehead atoms. The number of benzene rings is 2. The third kappa shape index (κ3) is 5.60. The van der Waals surface area contributed by atoms with Gasteiger partial charge in [-0.1, -0.05) is 56.5 Å². The van der Waals surface area contributed by atoms with Crippen LogP contribution >= 0.6 is 0 Å². The summed E-state index contributed by atoms with van der Waals surface area (Å²) in [4.78, 5) is 0. The molecule has 126 valence electrons. The normalized spacial score (nSPS) is 11.5. The Balaban J connectivity index is 1.73. The molecule has 24 heavy (non-hydrogen) atoms. The zero-order chi connectivity index (χ0) is 17.2. The summed E-state index contributed by atoms with van der Waals surface area (Å²) in [5, 5.41) is 0. The maximum Gasteiger partial charge on any atom is 0.199 e. The molecule has 0 aromatic heterocycles. The van der Waals surface area contributed by atoms with Crippen molar-refractivity contribution in [3.05, 3.63) is 72.8 Å². The van der Waals surface area contributed by atoms with Gasteiger partial charge < -0.3 is 14.2 Å². The van der Waals surface area contributed by atoms with Crippen LogP contribution in [-0.2, 0) is 4.74 Å². The van der Waals surface area contributed by atoms with E-state index in [1.807, 2.05) is 55.5 Å². The van der Waals surface area contributed by atoms with Crippen molar-refractivity contribution in [3.63, 3.8) is 0 Å². The molecule has 2 rings (SSSR count). The molecule has 0 saturated heterocycles. The lowest BCUT2D eigenvalue weighted by molar-refractivity contribution is -0.0880. The van der Waals surface area contributed by atoms with Gasteiger partial charge in [0.05, 0.1) is 6.61 Å². The first-order valence-electron chi connectivity index (χ1n) is 8.11. The standard InChI is InChI=1S/C21H24O3/c1-4-17-7-11-19(12-8-17)22-15-16-23-21(6-3)24-20-13-9-18(5-2)10-14-20/h4-5,7-14,21H,1-2,6,15-16H2,3H3. The van der Waals surface area contributed by atoms with Crippen LogP contribution in [-0.4, -0.2) is 19.5 Å². The van der Waals surface area contributed by atoms with Gasteiger partial charge in [0, 0.05) is 6.42 Å². The predicted molar refractivity (Wildman–Crippen MR) is 99.2 cm³/mol. The molecule has 1 atom stereocenters. The summed E-state index contributed by atoms with van der Waals surface area (Å²) in [6.45, 7) is 10.4. The van der Waals surface area contributed by atoms with E-state index in [-0.39, 0.29) is 6.29 Å². The minimum absolute atomic E-state index is 0.286. The Morgan fingerprint density at radius 2 is 1.38 bits per heavy atom. The van der Waals surface area contributed by atoms with E-state index in [4.69, 9.17) is 14.2 Å². The van der Waals surface area contributed by atoms with Crippen LogP contribution in [0.25, 0.3) is 12.2 Å². The highest BCUT2D eigenvalue weighted by molar-refractivity contribution is 5.48. The van der Waals surface area contributed by atoms with E-state index in [0.717, 1.165) is 29.0 Å². The summed E-state index contributed by atoms with van der Waals surface area (Å²) in [5.74, 6) is 1.60. The van der Waals surface area contributed by atoms with Gasteiger partial charge in [0.1, 0.15) is 18.1 Å². The maximum absolute atomic E-state index is 5.82. The van der Waals surface area contributed by atoms with E-state index in [1.54, 1.807) is 12.2 Å². The van der Waals surface area contributed by atoms with Gasteiger partial charge in [-0.05, 0) is 35.4 Å². The van der Waals surface area contributed by atoms with Crippen LogP contribution in [0.4, 0.5) is 0 Å². The molecule has 0 heterocycles. The van der Waals surface area contributed by atoms with E-state index in [1.165, 1.54) is 0 Å². The molecule has 0 aliphatic rings. The lowest BCUT2D eigenvalue weighted by Gasteiger charge is -2.18. The summed E-state index contributed by atoms with van der Waals surface area (Å²) in [6, 6.07) is 15.5. The van der Waals surface area contributed by atoms with E-state index in [2.05, 4.69) is 13.2 Å². The fourth-order valence-corrected chi connectivity index (χ4v) is 2.11. The fraction of sp³-hybridized carbons (Fsp3) is 0.238. The van der Waals surface area contributed by atoms with Crippen molar-refractivity contribution in [2.75, 3.05) is 13.2 Å². The van der Waals surface area contributed by atoms with E-state index in [9.17, 15) is 0 Å². The number of hydrogen-bond donors (Lipinski definition) is 0. The van der Waals surface area contributed by atoms with E-state index in [0.29, 0.717) is 13.2 Å². The van der Waals surface area contributed by atoms with Crippen LogP contribution in [0.5, 0.6) is 11.5 Å². The lowest BCUT2D eigenvalue weighted by Crippen LogP contribution is -2.22. The Morgan fingerprint density at radius 3 is 1.88 bits per heavy atom. The monoisotopic (exact) mass is 324 g/mol. The maximum atomic E-state index is 5.82. The second kappa shape index (κ2) is 9.58. The smallest absolute Gasteiger partial charge is 0.199 e. The molecule has 0 fully saturated rings. The lowest BCUT2D eigenvalue weighted by atomic mass is 10.2. The Bertz CT molecular complexity index is 629. The molecule has 0 N–H and O–H groups in total. The molecule has 0 radical (unpaired) electrons. The molecular weight excluding hydrogens is 300 g/mol. The van der Waals surface area contributed by atoms with Crippen molar-refractivity contribution in [2.24, 2.45) is 0 Å².